The van der Waals surface area contributed by atoms with Crippen molar-refractivity contribution in [3.05, 3.63) is 29.8 Å². The van der Waals surface area contributed by atoms with Crippen molar-refractivity contribution in [1.82, 2.24) is 4.31 Å². The SMILES string of the molecule is COC1CN(S(=O)(=O)c2ccc(CCN)cc2)CC1OC. The molecule has 7 heteroatoms. The van der Waals surface area contributed by atoms with E-state index in [0.717, 1.165) is 12.0 Å². The molecular formula is C14H22N2O4S. The molecule has 1 heterocycles. The number of nitrogens with two attached hydrogens (primary N) is 1. The number of rotatable bonds is 6. The van der Waals surface area contributed by atoms with Crippen LogP contribution in [0.5, 0.6) is 0 Å². The molecule has 2 N–H and O–H groups in total. The van der Waals surface area contributed by atoms with Crippen molar-refractivity contribution in [3.8, 4) is 0 Å². The third-order valence-corrected chi connectivity index (χ3v) is 5.63. The van der Waals surface area contributed by atoms with E-state index in [9.17, 15) is 8.42 Å². The molecule has 1 aromatic carbocycles. The highest BCUT2D eigenvalue weighted by Crippen LogP contribution is 2.24. The highest BCUT2D eigenvalue weighted by Gasteiger charge is 2.39. The molecular weight excluding hydrogens is 292 g/mol. The summed E-state index contributed by atoms with van der Waals surface area (Å²) in [5.41, 5.74) is 6.52. The third-order valence-electron chi connectivity index (χ3n) is 3.78. The van der Waals surface area contributed by atoms with Gasteiger partial charge in [0.25, 0.3) is 0 Å². The van der Waals surface area contributed by atoms with Crippen molar-refractivity contribution in [1.29, 1.82) is 0 Å². The zero-order valence-corrected chi connectivity index (χ0v) is 13.2. The standard InChI is InChI=1S/C14H22N2O4S/c1-19-13-9-16(10-14(13)20-2)21(17,18)12-5-3-11(4-6-12)7-8-15/h3-6,13-14H,7-10,15H2,1-2H3. The minimum absolute atomic E-state index is 0.235. The zero-order valence-electron chi connectivity index (χ0n) is 12.4. The normalized spacial score (nSPS) is 23.6. The first kappa shape index (κ1) is 16.4. The van der Waals surface area contributed by atoms with Gasteiger partial charge in [-0.25, -0.2) is 8.42 Å². The van der Waals surface area contributed by atoms with Crippen LogP contribution in [0, 0.1) is 0 Å². The van der Waals surface area contributed by atoms with Gasteiger partial charge in [0.05, 0.1) is 17.1 Å². The third kappa shape index (κ3) is 3.44. The largest absolute Gasteiger partial charge is 0.377 e. The highest BCUT2D eigenvalue weighted by molar-refractivity contribution is 7.89. The minimum Gasteiger partial charge on any atom is -0.377 e. The molecule has 0 saturated carbocycles. The average molecular weight is 314 g/mol. The zero-order chi connectivity index (χ0) is 15.5. The number of sulfonamides is 1. The van der Waals surface area contributed by atoms with Crippen molar-refractivity contribution in [3.63, 3.8) is 0 Å². The Bertz CT molecular complexity index is 547. The monoisotopic (exact) mass is 314 g/mol. The number of ether oxygens (including phenoxy) is 2. The molecule has 2 atom stereocenters. The fraction of sp³-hybridized carbons (Fsp3) is 0.571. The molecule has 2 rings (SSSR count). The quantitative estimate of drug-likeness (QED) is 0.812. The molecule has 0 amide bonds. The van der Waals surface area contributed by atoms with Gasteiger partial charge in [0, 0.05) is 27.3 Å². The van der Waals surface area contributed by atoms with Crippen LogP contribution in [0.25, 0.3) is 0 Å². The van der Waals surface area contributed by atoms with Crippen LogP contribution in [-0.4, -0.2) is 58.8 Å². The lowest BCUT2D eigenvalue weighted by Gasteiger charge is -2.16. The number of hydrogen-bond donors (Lipinski definition) is 1. The van der Waals surface area contributed by atoms with Crippen LogP contribution >= 0.6 is 0 Å². The van der Waals surface area contributed by atoms with E-state index in [1.165, 1.54) is 4.31 Å². The van der Waals surface area contributed by atoms with Crippen molar-refractivity contribution in [2.45, 2.75) is 23.5 Å². The van der Waals surface area contributed by atoms with Gasteiger partial charge in [-0.2, -0.15) is 4.31 Å². The second-order valence-corrected chi connectivity index (χ2v) is 6.99. The Morgan fingerprint density at radius 1 is 1.14 bits per heavy atom. The topological polar surface area (TPSA) is 81.9 Å². The van der Waals surface area contributed by atoms with Gasteiger partial charge in [-0.05, 0) is 30.7 Å². The molecule has 2 unspecified atom stereocenters. The number of benzene rings is 1. The fourth-order valence-electron chi connectivity index (χ4n) is 2.50. The first-order valence-corrected chi connectivity index (χ1v) is 8.31. The van der Waals surface area contributed by atoms with Gasteiger partial charge in [-0.15, -0.1) is 0 Å². The van der Waals surface area contributed by atoms with E-state index in [4.69, 9.17) is 15.2 Å². The van der Waals surface area contributed by atoms with Gasteiger partial charge in [-0.1, -0.05) is 12.1 Å². The van der Waals surface area contributed by atoms with E-state index in [1.54, 1.807) is 38.5 Å². The van der Waals surface area contributed by atoms with Gasteiger partial charge in [0.15, 0.2) is 0 Å². The second-order valence-electron chi connectivity index (χ2n) is 5.05. The molecule has 1 aliphatic heterocycles. The van der Waals surface area contributed by atoms with Crippen molar-refractivity contribution in [2.75, 3.05) is 33.9 Å². The predicted molar refractivity (Wildman–Crippen MR) is 79.6 cm³/mol. The van der Waals surface area contributed by atoms with Gasteiger partial charge in [0.1, 0.15) is 0 Å². The summed E-state index contributed by atoms with van der Waals surface area (Å²) in [6.45, 7) is 1.16. The molecule has 0 radical (unpaired) electrons. The summed E-state index contributed by atoms with van der Waals surface area (Å²) < 4.78 is 37.2. The number of hydrogen-bond acceptors (Lipinski definition) is 5. The molecule has 0 spiro atoms. The van der Waals surface area contributed by atoms with E-state index >= 15 is 0 Å². The Morgan fingerprint density at radius 2 is 1.67 bits per heavy atom. The molecule has 1 aromatic rings. The molecule has 21 heavy (non-hydrogen) atoms. The molecule has 1 saturated heterocycles. The van der Waals surface area contributed by atoms with Gasteiger partial charge in [-0.3, -0.25) is 0 Å². The first-order valence-electron chi connectivity index (χ1n) is 6.87. The highest BCUT2D eigenvalue weighted by atomic mass is 32.2. The number of nitrogens with zero attached hydrogens (tertiary/aromatic N) is 1. The van der Waals surface area contributed by atoms with Crippen LogP contribution in [0.3, 0.4) is 0 Å². The van der Waals surface area contributed by atoms with Crippen LogP contribution in [0.4, 0.5) is 0 Å². The van der Waals surface area contributed by atoms with E-state index < -0.39 is 10.0 Å². The van der Waals surface area contributed by atoms with Crippen LogP contribution < -0.4 is 5.73 Å². The maximum Gasteiger partial charge on any atom is 0.243 e. The minimum atomic E-state index is -3.51. The Kier molecular flexibility index (Phi) is 5.34. The average Bonchev–Trinajstić information content (AvgIpc) is 2.92. The lowest BCUT2D eigenvalue weighted by atomic mass is 10.2. The molecule has 6 nitrogen and oxygen atoms in total. The van der Waals surface area contributed by atoms with Crippen LogP contribution in [-0.2, 0) is 25.9 Å². The maximum atomic E-state index is 12.6. The molecule has 1 aliphatic rings. The summed E-state index contributed by atoms with van der Waals surface area (Å²) >= 11 is 0. The van der Waals surface area contributed by atoms with Crippen LogP contribution in [0.1, 0.15) is 5.56 Å². The molecule has 0 aliphatic carbocycles. The predicted octanol–water partition coefficient (Wildman–Crippen LogP) is 0.222. The summed E-state index contributed by atoms with van der Waals surface area (Å²) in [6.07, 6.45) is 0.268. The molecule has 1 fully saturated rings. The van der Waals surface area contributed by atoms with Crippen LogP contribution in [0.2, 0.25) is 0 Å². The van der Waals surface area contributed by atoms with Gasteiger partial charge < -0.3 is 15.2 Å². The van der Waals surface area contributed by atoms with Gasteiger partial charge >= 0.3 is 0 Å². The van der Waals surface area contributed by atoms with Crippen molar-refractivity contribution < 1.29 is 17.9 Å². The van der Waals surface area contributed by atoms with Crippen molar-refractivity contribution >= 4 is 10.0 Å². The summed E-state index contributed by atoms with van der Waals surface area (Å²) in [4.78, 5) is 0.287. The summed E-state index contributed by atoms with van der Waals surface area (Å²) in [5.74, 6) is 0. The van der Waals surface area contributed by atoms with E-state index in [0.29, 0.717) is 19.6 Å². The summed E-state index contributed by atoms with van der Waals surface area (Å²) in [5, 5.41) is 0. The summed E-state index contributed by atoms with van der Waals surface area (Å²) in [6, 6.07) is 6.86. The Hall–Kier alpha value is -0.990. The van der Waals surface area contributed by atoms with Crippen LogP contribution in [0.15, 0.2) is 29.2 Å². The van der Waals surface area contributed by atoms with E-state index in [2.05, 4.69) is 0 Å². The number of methoxy groups -OCH3 is 2. The Morgan fingerprint density at radius 3 is 2.10 bits per heavy atom. The second kappa shape index (κ2) is 6.85. The Balaban J connectivity index is 2.18. The van der Waals surface area contributed by atoms with E-state index in [-0.39, 0.29) is 17.1 Å². The maximum absolute atomic E-state index is 12.6. The van der Waals surface area contributed by atoms with Gasteiger partial charge in [0.2, 0.25) is 10.0 Å². The Labute approximate surface area is 125 Å². The smallest absolute Gasteiger partial charge is 0.243 e. The lowest BCUT2D eigenvalue weighted by Crippen LogP contribution is -2.30. The molecule has 0 aromatic heterocycles. The lowest BCUT2D eigenvalue weighted by molar-refractivity contribution is -0.00461. The molecule has 0 bridgehead atoms. The molecule has 118 valence electrons. The first-order chi connectivity index (χ1) is 10.0. The van der Waals surface area contributed by atoms with Crippen molar-refractivity contribution in [2.24, 2.45) is 5.73 Å². The fourth-order valence-corrected chi connectivity index (χ4v) is 3.97. The van der Waals surface area contributed by atoms with E-state index in [1.807, 2.05) is 0 Å². The summed E-state index contributed by atoms with van der Waals surface area (Å²) in [7, 11) is -0.387.